The molecule has 1 N–H and O–H groups in total. The highest BCUT2D eigenvalue weighted by atomic mass is 19.4. The third-order valence-electron chi connectivity index (χ3n) is 3.36. The van der Waals surface area contributed by atoms with E-state index in [1.54, 1.807) is 12.1 Å². The minimum absolute atomic E-state index is 0.0988. The first-order valence-electron chi connectivity index (χ1n) is 7.74. The van der Waals surface area contributed by atoms with Gasteiger partial charge in [-0.2, -0.15) is 13.2 Å². The molecule has 1 amide bonds. The Balaban J connectivity index is 1.74. The number of amides is 1. The summed E-state index contributed by atoms with van der Waals surface area (Å²) in [7, 11) is 0. The topological polar surface area (TPSA) is 38.3 Å². The molecule has 0 fully saturated rings. The first-order valence-corrected chi connectivity index (χ1v) is 7.74. The lowest BCUT2D eigenvalue weighted by Gasteiger charge is -2.09. The maximum atomic E-state index is 12.8. The summed E-state index contributed by atoms with van der Waals surface area (Å²) >= 11 is 0. The van der Waals surface area contributed by atoms with Crippen molar-refractivity contribution in [2.45, 2.75) is 19.2 Å². The minimum Gasteiger partial charge on any atom is -0.445 e. The van der Waals surface area contributed by atoms with Crippen LogP contribution in [0.3, 0.4) is 0 Å². The zero-order chi connectivity index (χ0) is 18.1. The number of hydrogen-bond donors (Lipinski definition) is 1. The van der Waals surface area contributed by atoms with Crippen molar-refractivity contribution in [3.63, 3.8) is 0 Å². The van der Waals surface area contributed by atoms with Gasteiger partial charge < -0.3 is 10.1 Å². The SMILES string of the molecule is O=C(NCCC=Cc1ccccc1C(F)(F)F)OCc1ccccc1. The molecule has 0 saturated heterocycles. The van der Waals surface area contributed by atoms with Crippen molar-refractivity contribution in [1.29, 1.82) is 0 Å². The van der Waals surface area contributed by atoms with Gasteiger partial charge in [0.1, 0.15) is 6.61 Å². The molecule has 0 saturated carbocycles. The quantitative estimate of drug-likeness (QED) is 0.743. The van der Waals surface area contributed by atoms with Crippen molar-refractivity contribution in [2.75, 3.05) is 6.54 Å². The number of ether oxygens (including phenoxy) is 1. The Labute approximate surface area is 144 Å². The highest BCUT2D eigenvalue weighted by Crippen LogP contribution is 2.32. The Kier molecular flexibility index (Phi) is 6.62. The number of nitrogens with one attached hydrogen (secondary N) is 1. The Hall–Kier alpha value is -2.76. The summed E-state index contributed by atoms with van der Waals surface area (Å²) in [6.07, 6.45) is -1.57. The van der Waals surface area contributed by atoms with Crippen LogP contribution in [0.25, 0.3) is 6.08 Å². The largest absolute Gasteiger partial charge is 0.445 e. The van der Waals surface area contributed by atoms with Gasteiger partial charge in [0, 0.05) is 6.54 Å². The van der Waals surface area contributed by atoms with E-state index in [0.29, 0.717) is 6.42 Å². The van der Waals surface area contributed by atoms with Crippen molar-refractivity contribution < 1.29 is 22.7 Å². The second kappa shape index (κ2) is 8.92. The van der Waals surface area contributed by atoms with E-state index in [-0.39, 0.29) is 18.7 Å². The molecule has 0 atom stereocenters. The third kappa shape index (κ3) is 6.33. The van der Waals surface area contributed by atoms with Gasteiger partial charge >= 0.3 is 12.3 Å². The fourth-order valence-corrected chi connectivity index (χ4v) is 2.14. The molecule has 3 nitrogen and oxygen atoms in total. The van der Waals surface area contributed by atoms with Crippen LogP contribution in [-0.4, -0.2) is 12.6 Å². The van der Waals surface area contributed by atoms with Crippen molar-refractivity contribution >= 4 is 12.2 Å². The summed E-state index contributed by atoms with van der Waals surface area (Å²) in [5.74, 6) is 0. The minimum atomic E-state index is -4.39. The van der Waals surface area contributed by atoms with Crippen LogP contribution in [0.2, 0.25) is 0 Å². The van der Waals surface area contributed by atoms with Crippen LogP contribution in [0, 0.1) is 0 Å². The highest BCUT2D eigenvalue weighted by molar-refractivity contribution is 5.67. The van der Waals surface area contributed by atoms with Crippen molar-refractivity contribution in [2.24, 2.45) is 0 Å². The molecule has 0 bridgehead atoms. The molecular weight excluding hydrogens is 331 g/mol. The van der Waals surface area contributed by atoms with E-state index in [4.69, 9.17) is 4.74 Å². The molecule has 0 spiro atoms. The highest BCUT2D eigenvalue weighted by Gasteiger charge is 2.32. The van der Waals surface area contributed by atoms with Gasteiger partial charge in [-0.15, -0.1) is 0 Å². The molecule has 0 aromatic heterocycles. The van der Waals surface area contributed by atoms with Crippen molar-refractivity contribution in [3.05, 3.63) is 77.4 Å². The zero-order valence-electron chi connectivity index (χ0n) is 13.4. The number of carbonyl (C=O) groups excluding carboxylic acids is 1. The number of hydrogen-bond acceptors (Lipinski definition) is 2. The predicted molar refractivity (Wildman–Crippen MR) is 89.7 cm³/mol. The molecule has 0 aliphatic rings. The van der Waals surface area contributed by atoms with E-state index in [0.717, 1.165) is 11.6 Å². The molecule has 0 unspecified atom stereocenters. The Morgan fingerprint density at radius 1 is 1.04 bits per heavy atom. The lowest BCUT2D eigenvalue weighted by atomic mass is 10.1. The normalized spacial score (nSPS) is 11.5. The predicted octanol–water partition coefficient (Wildman–Crippen LogP) is 5.04. The molecule has 0 heterocycles. The molecule has 0 radical (unpaired) electrons. The van der Waals surface area contributed by atoms with E-state index in [2.05, 4.69) is 5.32 Å². The van der Waals surface area contributed by atoms with E-state index in [9.17, 15) is 18.0 Å². The maximum absolute atomic E-state index is 12.8. The third-order valence-corrected chi connectivity index (χ3v) is 3.36. The number of benzene rings is 2. The number of rotatable bonds is 6. The summed E-state index contributed by atoms with van der Waals surface area (Å²) < 4.78 is 43.6. The number of alkyl halides is 3. The second-order valence-electron chi connectivity index (χ2n) is 5.26. The Morgan fingerprint density at radius 2 is 1.72 bits per heavy atom. The summed E-state index contributed by atoms with van der Waals surface area (Å²) in [4.78, 5) is 11.5. The molecule has 6 heteroatoms. The van der Waals surface area contributed by atoms with Crippen LogP contribution in [0.1, 0.15) is 23.1 Å². The smallest absolute Gasteiger partial charge is 0.416 e. The van der Waals surface area contributed by atoms with Crippen molar-refractivity contribution in [1.82, 2.24) is 5.32 Å². The van der Waals surface area contributed by atoms with Crippen LogP contribution in [-0.2, 0) is 17.5 Å². The van der Waals surface area contributed by atoms with Crippen LogP contribution in [0.5, 0.6) is 0 Å². The fourth-order valence-electron chi connectivity index (χ4n) is 2.14. The summed E-state index contributed by atoms with van der Waals surface area (Å²) in [5.41, 5.74) is 0.296. The zero-order valence-corrected chi connectivity index (χ0v) is 13.4. The lowest BCUT2D eigenvalue weighted by Crippen LogP contribution is -2.24. The van der Waals surface area contributed by atoms with Gasteiger partial charge in [0.05, 0.1) is 5.56 Å². The average Bonchev–Trinajstić information content (AvgIpc) is 2.60. The monoisotopic (exact) mass is 349 g/mol. The standard InChI is InChI=1S/C19H18F3NO2/c20-19(21,22)17-12-5-4-10-16(17)11-6-7-13-23-18(24)25-14-15-8-2-1-3-9-15/h1-6,8-12H,7,13-14H2,(H,23,24). The summed E-state index contributed by atoms with van der Waals surface area (Å²) in [6, 6.07) is 14.6. The first-order chi connectivity index (χ1) is 12.0. The van der Waals surface area contributed by atoms with E-state index >= 15 is 0 Å². The molecule has 25 heavy (non-hydrogen) atoms. The van der Waals surface area contributed by atoms with Crippen molar-refractivity contribution in [3.8, 4) is 0 Å². The molecule has 132 valence electrons. The molecule has 2 aromatic rings. The number of alkyl carbamates (subject to hydrolysis) is 1. The van der Waals surface area contributed by atoms with Crippen LogP contribution in [0.15, 0.2) is 60.7 Å². The van der Waals surface area contributed by atoms with E-state index < -0.39 is 17.8 Å². The summed E-state index contributed by atoms with van der Waals surface area (Å²) in [6.45, 7) is 0.444. The van der Waals surface area contributed by atoms with Gasteiger partial charge in [0.2, 0.25) is 0 Å². The lowest BCUT2D eigenvalue weighted by molar-refractivity contribution is -0.137. The van der Waals surface area contributed by atoms with Gasteiger partial charge in [-0.1, -0.05) is 60.7 Å². The average molecular weight is 349 g/mol. The second-order valence-corrected chi connectivity index (χ2v) is 5.26. The van der Waals surface area contributed by atoms with Crippen LogP contribution < -0.4 is 5.32 Å². The number of halogens is 3. The molecule has 2 aromatic carbocycles. The molecular formula is C19H18F3NO2. The van der Waals surface area contributed by atoms with Gasteiger partial charge in [-0.05, 0) is 23.6 Å². The van der Waals surface area contributed by atoms with Crippen LogP contribution >= 0.6 is 0 Å². The Morgan fingerprint density at radius 3 is 2.44 bits per heavy atom. The summed E-state index contributed by atoms with van der Waals surface area (Å²) in [5, 5.41) is 2.55. The maximum Gasteiger partial charge on any atom is 0.416 e. The van der Waals surface area contributed by atoms with Crippen LogP contribution in [0.4, 0.5) is 18.0 Å². The molecule has 0 aliphatic carbocycles. The number of carbonyl (C=O) groups is 1. The van der Waals surface area contributed by atoms with Gasteiger partial charge in [-0.3, -0.25) is 0 Å². The Bertz CT molecular complexity index is 712. The van der Waals surface area contributed by atoms with Gasteiger partial charge in [0.15, 0.2) is 0 Å². The van der Waals surface area contributed by atoms with E-state index in [1.807, 2.05) is 30.3 Å². The van der Waals surface area contributed by atoms with Gasteiger partial charge in [0.25, 0.3) is 0 Å². The first kappa shape index (κ1) is 18.6. The van der Waals surface area contributed by atoms with Gasteiger partial charge in [-0.25, -0.2) is 4.79 Å². The molecule has 2 rings (SSSR count). The molecule has 0 aliphatic heterocycles. The fraction of sp³-hybridized carbons (Fsp3) is 0.211. The van der Waals surface area contributed by atoms with E-state index in [1.165, 1.54) is 18.2 Å².